The highest BCUT2D eigenvalue weighted by atomic mass is 19.1. The Morgan fingerprint density at radius 2 is 1.97 bits per heavy atom. The maximum atomic E-state index is 13.2. The lowest BCUT2D eigenvalue weighted by Gasteiger charge is -2.28. The molecule has 0 aliphatic rings. The molecule has 0 saturated carbocycles. The molecule has 2 aromatic rings. The molecule has 1 aromatic heterocycles. The van der Waals surface area contributed by atoms with Gasteiger partial charge >= 0.3 is 0 Å². The highest BCUT2D eigenvalue weighted by Gasteiger charge is 2.24. The number of nitrogens with zero attached hydrogens (tertiary/aromatic N) is 2. The van der Waals surface area contributed by atoms with Crippen LogP contribution in [0.4, 0.5) is 10.1 Å². The molecule has 0 radical (unpaired) electrons. The number of anilines is 1. The number of aliphatic hydroxyl groups excluding tert-OH is 3. The van der Waals surface area contributed by atoms with Crippen molar-refractivity contribution in [1.82, 2.24) is 4.98 Å². The predicted octanol–water partition coefficient (Wildman–Crippen LogP) is 2.45. The summed E-state index contributed by atoms with van der Waals surface area (Å²) in [6, 6.07) is 7.77. The molecule has 0 saturated heterocycles. The summed E-state index contributed by atoms with van der Waals surface area (Å²) in [5.74, 6) is -0.849. The second-order valence-electron chi connectivity index (χ2n) is 6.68. The predicted molar refractivity (Wildman–Crippen MR) is 112 cm³/mol. The lowest BCUT2D eigenvalue weighted by Crippen LogP contribution is -2.40. The van der Waals surface area contributed by atoms with Crippen LogP contribution in [-0.4, -0.2) is 59.2 Å². The fourth-order valence-corrected chi connectivity index (χ4v) is 2.95. The first-order valence-corrected chi connectivity index (χ1v) is 9.61. The first kappa shape index (κ1) is 23.5. The van der Waals surface area contributed by atoms with Crippen LogP contribution in [-0.2, 0) is 16.0 Å². The zero-order chi connectivity index (χ0) is 22.1. The average molecular weight is 418 g/mol. The maximum Gasteiger partial charge on any atom is 0.226 e. The Morgan fingerprint density at radius 3 is 2.53 bits per heavy atom. The number of carbonyl (C=O) groups is 1. The number of ether oxygens (including phenoxy) is 1. The van der Waals surface area contributed by atoms with Gasteiger partial charge in [-0.15, -0.1) is 0 Å². The Balaban J connectivity index is 2.52. The zero-order valence-electron chi connectivity index (χ0n) is 17.1. The number of hydrogen-bond donors (Lipinski definition) is 3. The number of pyridine rings is 1. The van der Waals surface area contributed by atoms with E-state index in [0.29, 0.717) is 12.1 Å². The lowest BCUT2D eigenvalue weighted by atomic mass is 10.0. The van der Waals surface area contributed by atoms with E-state index in [4.69, 9.17) is 9.84 Å². The van der Waals surface area contributed by atoms with E-state index in [1.165, 1.54) is 30.2 Å². The van der Waals surface area contributed by atoms with E-state index in [2.05, 4.69) is 4.98 Å². The Hall–Kier alpha value is -2.81. The summed E-state index contributed by atoms with van der Waals surface area (Å²) < 4.78 is 18.4. The van der Waals surface area contributed by atoms with Gasteiger partial charge in [0, 0.05) is 19.7 Å². The van der Waals surface area contributed by atoms with Crippen molar-refractivity contribution in [3.05, 3.63) is 65.2 Å². The van der Waals surface area contributed by atoms with Gasteiger partial charge in [0.1, 0.15) is 17.3 Å². The molecule has 1 amide bonds. The molecule has 162 valence electrons. The van der Waals surface area contributed by atoms with Crippen LogP contribution in [0.3, 0.4) is 0 Å². The van der Waals surface area contributed by atoms with Gasteiger partial charge in [0.15, 0.2) is 0 Å². The minimum absolute atomic E-state index is 0.0563. The van der Waals surface area contributed by atoms with Gasteiger partial charge in [-0.25, -0.2) is 4.39 Å². The molecule has 0 bridgehead atoms. The minimum atomic E-state index is -0.627. The van der Waals surface area contributed by atoms with Gasteiger partial charge in [0.2, 0.25) is 5.91 Å². The van der Waals surface area contributed by atoms with Gasteiger partial charge in [-0.3, -0.25) is 9.78 Å². The van der Waals surface area contributed by atoms with Gasteiger partial charge in [-0.1, -0.05) is 19.1 Å². The van der Waals surface area contributed by atoms with Gasteiger partial charge < -0.3 is 25.0 Å². The fraction of sp³-hybridized carbons (Fsp3) is 0.364. The van der Waals surface area contributed by atoms with E-state index >= 15 is 0 Å². The highest BCUT2D eigenvalue weighted by molar-refractivity contribution is 5.95. The second kappa shape index (κ2) is 11.4. The number of rotatable bonds is 10. The first-order chi connectivity index (χ1) is 14.4. The number of aliphatic hydroxyl groups is 3. The molecular formula is C22H27FN2O5. The summed E-state index contributed by atoms with van der Waals surface area (Å²) in [5.41, 5.74) is 2.05. The second-order valence-corrected chi connectivity index (χ2v) is 6.68. The molecule has 0 aliphatic heterocycles. The van der Waals surface area contributed by atoms with Crippen LogP contribution in [0.1, 0.15) is 30.2 Å². The summed E-state index contributed by atoms with van der Waals surface area (Å²) in [7, 11) is 1.43. The Kier molecular flexibility index (Phi) is 8.91. The van der Waals surface area contributed by atoms with Gasteiger partial charge in [0.05, 0.1) is 31.5 Å². The van der Waals surface area contributed by atoms with Crippen LogP contribution >= 0.6 is 0 Å². The van der Waals surface area contributed by atoms with E-state index in [0.717, 1.165) is 11.1 Å². The van der Waals surface area contributed by atoms with E-state index in [1.807, 2.05) is 0 Å². The van der Waals surface area contributed by atoms with Crippen LogP contribution < -0.4 is 4.90 Å². The Bertz CT molecular complexity index is 866. The quantitative estimate of drug-likeness (QED) is 0.512. The third kappa shape index (κ3) is 6.09. The summed E-state index contributed by atoms with van der Waals surface area (Å²) in [4.78, 5) is 18.4. The molecule has 1 unspecified atom stereocenters. The van der Waals surface area contributed by atoms with E-state index in [1.54, 1.807) is 31.3 Å². The van der Waals surface area contributed by atoms with Gasteiger partial charge in [-0.2, -0.15) is 0 Å². The van der Waals surface area contributed by atoms with Gasteiger partial charge in [0.25, 0.3) is 0 Å². The number of methoxy groups -OCH3 is 1. The Labute approximate surface area is 175 Å². The van der Waals surface area contributed by atoms with Crippen LogP contribution in [0.2, 0.25) is 0 Å². The number of amides is 1. The molecule has 7 nitrogen and oxygen atoms in total. The van der Waals surface area contributed by atoms with Crippen LogP contribution in [0.15, 0.2) is 42.6 Å². The largest absolute Gasteiger partial charge is 0.506 e. The van der Waals surface area contributed by atoms with Crippen molar-refractivity contribution in [2.45, 2.75) is 25.9 Å². The van der Waals surface area contributed by atoms with Crippen molar-refractivity contribution >= 4 is 17.4 Å². The van der Waals surface area contributed by atoms with Crippen molar-refractivity contribution in [3.63, 3.8) is 0 Å². The van der Waals surface area contributed by atoms with Crippen LogP contribution in [0, 0.1) is 5.82 Å². The molecule has 1 aromatic carbocycles. The summed E-state index contributed by atoms with van der Waals surface area (Å²) in [6.07, 6.45) is 2.73. The van der Waals surface area contributed by atoms with E-state index < -0.39 is 12.7 Å². The van der Waals surface area contributed by atoms with Gasteiger partial charge in [-0.05, 0) is 41.8 Å². The molecule has 0 aliphatic carbocycles. The number of carbonyl (C=O) groups excluding carboxylic acids is 1. The summed E-state index contributed by atoms with van der Waals surface area (Å²) in [6.45, 7) is 1.07. The molecule has 3 N–H and O–H groups in total. The molecule has 30 heavy (non-hydrogen) atoms. The molecule has 1 heterocycles. The zero-order valence-corrected chi connectivity index (χ0v) is 17.1. The normalized spacial score (nSPS) is 12.6. The number of hydrogen-bond acceptors (Lipinski definition) is 6. The third-order valence-corrected chi connectivity index (χ3v) is 4.59. The fourth-order valence-electron chi connectivity index (χ4n) is 2.95. The van der Waals surface area contributed by atoms with Crippen molar-refractivity contribution < 1.29 is 29.2 Å². The average Bonchev–Trinajstić information content (AvgIpc) is 2.76. The van der Waals surface area contributed by atoms with Crippen molar-refractivity contribution in [2.24, 2.45) is 0 Å². The molecule has 1 atom stereocenters. The van der Waals surface area contributed by atoms with Crippen molar-refractivity contribution in [3.8, 4) is 0 Å². The molecule has 2 rings (SSSR count). The summed E-state index contributed by atoms with van der Waals surface area (Å²) >= 11 is 0. The number of aromatic nitrogens is 1. The van der Waals surface area contributed by atoms with Crippen molar-refractivity contribution in [2.75, 3.05) is 31.8 Å². The van der Waals surface area contributed by atoms with Crippen LogP contribution in [0.25, 0.3) is 5.76 Å². The SMILES string of the molecule is CCC(=O)N(CC(CO)OC)c1cc(Cc2ccc(F)cc2)cnc1/C(O)=C/CO. The third-order valence-electron chi connectivity index (χ3n) is 4.59. The van der Waals surface area contributed by atoms with E-state index in [-0.39, 0.29) is 42.7 Å². The monoisotopic (exact) mass is 418 g/mol. The topological polar surface area (TPSA) is 103 Å². The molecule has 0 spiro atoms. The lowest BCUT2D eigenvalue weighted by molar-refractivity contribution is -0.118. The first-order valence-electron chi connectivity index (χ1n) is 9.61. The molecular weight excluding hydrogens is 391 g/mol. The maximum absolute atomic E-state index is 13.2. The smallest absolute Gasteiger partial charge is 0.226 e. The minimum Gasteiger partial charge on any atom is -0.506 e. The Morgan fingerprint density at radius 1 is 1.27 bits per heavy atom. The van der Waals surface area contributed by atoms with Crippen LogP contribution in [0.5, 0.6) is 0 Å². The molecule has 0 fully saturated rings. The number of halogens is 1. The standard InChI is InChI=1S/C22H27FN2O5/c1-3-21(29)25(13-18(14-27)30-2)19-11-16(10-15-4-6-17(23)7-5-15)12-24-22(19)20(28)8-9-26/h4-8,11-12,18,26-28H,3,9-10,13-14H2,1-2H3/b20-8-. The molecule has 8 heteroatoms. The highest BCUT2D eigenvalue weighted by Crippen LogP contribution is 2.27. The van der Waals surface area contributed by atoms with Crippen molar-refractivity contribution in [1.29, 1.82) is 0 Å². The van der Waals surface area contributed by atoms with E-state index in [9.17, 15) is 19.4 Å². The number of benzene rings is 1. The summed E-state index contributed by atoms with van der Waals surface area (Å²) in [5, 5.41) is 29.0.